The predicted molar refractivity (Wildman–Crippen MR) is 66.8 cm³/mol. The van der Waals surface area contributed by atoms with Crippen molar-refractivity contribution in [2.75, 3.05) is 13.7 Å². The molecule has 0 radical (unpaired) electrons. The van der Waals surface area contributed by atoms with E-state index < -0.39 is 5.97 Å². The zero-order valence-electron chi connectivity index (χ0n) is 10.7. The van der Waals surface area contributed by atoms with E-state index in [-0.39, 0.29) is 18.5 Å². The predicted octanol–water partition coefficient (Wildman–Crippen LogP) is 1.63. The van der Waals surface area contributed by atoms with Crippen LogP contribution in [0.15, 0.2) is 24.3 Å². The van der Waals surface area contributed by atoms with E-state index in [1.807, 2.05) is 0 Å². The van der Waals surface area contributed by atoms with Gasteiger partial charge in [-0.1, -0.05) is 12.1 Å². The maximum absolute atomic E-state index is 12.3. The molecule has 1 rings (SSSR count). The van der Waals surface area contributed by atoms with Crippen molar-refractivity contribution < 1.29 is 19.4 Å². The van der Waals surface area contributed by atoms with Crippen molar-refractivity contribution in [3.05, 3.63) is 29.8 Å². The molecule has 1 N–H and O–H groups in total. The van der Waals surface area contributed by atoms with Crippen molar-refractivity contribution in [3.63, 3.8) is 0 Å². The van der Waals surface area contributed by atoms with E-state index in [2.05, 4.69) is 0 Å². The molecular formula is C13H17NO4. The summed E-state index contributed by atoms with van der Waals surface area (Å²) in [5.41, 5.74) is 0.370. The first-order chi connectivity index (χ1) is 8.47. The van der Waals surface area contributed by atoms with E-state index in [0.717, 1.165) is 0 Å². The van der Waals surface area contributed by atoms with E-state index in [1.165, 1.54) is 12.0 Å². The Morgan fingerprint density at radius 1 is 1.33 bits per heavy atom. The Morgan fingerprint density at radius 2 is 1.94 bits per heavy atom. The van der Waals surface area contributed by atoms with Crippen LogP contribution in [0.2, 0.25) is 0 Å². The molecule has 0 heterocycles. The summed E-state index contributed by atoms with van der Waals surface area (Å²) in [4.78, 5) is 24.4. The largest absolute Gasteiger partial charge is 0.496 e. The third-order valence-corrected chi connectivity index (χ3v) is 2.53. The number of hydrogen-bond donors (Lipinski definition) is 1. The summed E-state index contributed by atoms with van der Waals surface area (Å²) in [6.45, 7) is 3.22. The van der Waals surface area contributed by atoms with Gasteiger partial charge in [0.05, 0.1) is 12.7 Å². The highest BCUT2D eigenvalue weighted by molar-refractivity contribution is 5.98. The van der Waals surface area contributed by atoms with Gasteiger partial charge in [-0.2, -0.15) is 0 Å². The Kier molecular flexibility index (Phi) is 4.71. The number of hydrogen-bond acceptors (Lipinski definition) is 3. The highest BCUT2D eigenvalue weighted by Crippen LogP contribution is 2.20. The molecule has 0 saturated carbocycles. The SMILES string of the molecule is COc1ccccc1C(=O)N(CC(=O)O)C(C)C. The number of methoxy groups -OCH3 is 1. The summed E-state index contributed by atoms with van der Waals surface area (Å²) >= 11 is 0. The summed E-state index contributed by atoms with van der Waals surface area (Å²) in [7, 11) is 1.48. The van der Waals surface area contributed by atoms with E-state index in [0.29, 0.717) is 11.3 Å². The summed E-state index contributed by atoms with van der Waals surface area (Å²) < 4.78 is 5.11. The van der Waals surface area contributed by atoms with Gasteiger partial charge in [-0.05, 0) is 26.0 Å². The zero-order chi connectivity index (χ0) is 13.7. The molecule has 5 nitrogen and oxygen atoms in total. The van der Waals surface area contributed by atoms with Gasteiger partial charge in [-0.25, -0.2) is 0 Å². The molecule has 0 spiro atoms. The quantitative estimate of drug-likeness (QED) is 0.863. The summed E-state index contributed by atoms with van der Waals surface area (Å²) in [6.07, 6.45) is 0. The smallest absolute Gasteiger partial charge is 0.323 e. The van der Waals surface area contributed by atoms with Crippen LogP contribution in [0, 0.1) is 0 Å². The second-order valence-electron chi connectivity index (χ2n) is 4.12. The van der Waals surface area contributed by atoms with Gasteiger partial charge >= 0.3 is 5.97 Å². The Morgan fingerprint density at radius 3 is 2.44 bits per heavy atom. The van der Waals surface area contributed by atoms with Crippen molar-refractivity contribution >= 4 is 11.9 Å². The lowest BCUT2D eigenvalue weighted by Crippen LogP contribution is -2.40. The molecule has 1 aromatic rings. The Balaban J connectivity index is 3.05. The molecule has 0 fully saturated rings. The van der Waals surface area contributed by atoms with Crippen LogP contribution in [0.5, 0.6) is 5.75 Å². The first-order valence-corrected chi connectivity index (χ1v) is 5.63. The second-order valence-corrected chi connectivity index (χ2v) is 4.12. The van der Waals surface area contributed by atoms with E-state index in [1.54, 1.807) is 38.1 Å². The fourth-order valence-electron chi connectivity index (χ4n) is 1.61. The number of benzene rings is 1. The first kappa shape index (κ1) is 14.0. The average molecular weight is 251 g/mol. The first-order valence-electron chi connectivity index (χ1n) is 5.63. The van der Waals surface area contributed by atoms with Crippen molar-refractivity contribution in [3.8, 4) is 5.75 Å². The molecule has 0 aliphatic rings. The number of carbonyl (C=O) groups excluding carboxylic acids is 1. The number of carbonyl (C=O) groups is 2. The highest BCUT2D eigenvalue weighted by Gasteiger charge is 2.23. The average Bonchev–Trinajstić information content (AvgIpc) is 2.34. The zero-order valence-corrected chi connectivity index (χ0v) is 10.7. The van der Waals surface area contributed by atoms with Crippen molar-refractivity contribution in [2.24, 2.45) is 0 Å². The minimum atomic E-state index is -1.04. The summed E-state index contributed by atoms with van der Waals surface area (Å²) in [6, 6.07) is 6.57. The monoisotopic (exact) mass is 251 g/mol. The highest BCUT2D eigenvalue weighted by atomic mass is 16.5. The lowest BCUT2D eigenvalue weighted by Gasteiger charge is -2.25. The third-order valence-electron chi connectivity index (χ3n) is 2.53. The standard InChI is InChI=1S/C13H17NO4/c1-9(2)14(8-12(15)16)13(17)10-6-4-5-7-11(10)18-3/h4-7,9H,8H2,1-3H3,(H,15,16). The maximum atomic E-state index is 12.3. The Labute approximate surface area is 106 Å². The minimum absolute atomic E-state index is 0.196. The fraction of sp³-hybridized carbons (Fsp3) is 0.385. The molecule has 18 heavy (non-hydrogen) atoms. The molecule has 0 atom stereocenters. The van der Waals surface area contributed by atoms with Crippen LogP contribution in [0.4, 0.5) is 0 Å². The lowest BCUT2D eigenvalue weighted by atomic mass is 10.1. The molecule has 5 heteroatoms. The van der Waals surface area contributed by atoms with Gasteiger partial charge < -0.3 is 14.7 Å². The van der Waals surface area contributed by atoms with Crippen molar-refractivity contribution in [2.45, 2.75) is 19.9 Å². The molecule has 0 unspecified atom stereocenters. The van der Waals surface area contributed by atoms with Crippen LogP contribution in [0.1, 0.15) is 24.2 Å². The molecule has 0 aliphatic heterocycles. The number of aliphatic carboxylic acids is 1. The van der Waals surface area contributed by atoms with Gasteiger partial charge in [-0.3, -0.25) is 9.59 Å². The number of rotatable bonds is 5. The van der Waals surface area contributed by atoms with E-state index >= 15 is 0 Å². The fourth-order valence-corrected chi connectivity index (χ4v) is 1.61. The van der Waals surface area contributed by atoms with Gasteiger partial charge in [0.1, 0.15) is 12.3 Å². The Hall–Kier alpha value is -2.04. The number of nitrogens with zero attached hydrogens (tertiary/aromatic N) is 1. The van der Waals surface area contributed by atoms with Gasteiger partial charge in [0.25, 0.3) is 5.91 Å². The van der Waals surface area contributed by atoms with E-state index in [4.69, 9.17) is 9.84 Å². The molecule has 0 bridgehead atoms. The molecule has 0 aliphatic carbocycles. The number of carboxylic acids is 1. The molecular weight excluding hydrogens is 234 g/mol. The molecule has 0 saturated heterocycles. The molecule has 1 aromatic carbocycles. The van der Waals surface area contributed by atoms with Gasteiger partial charge in [0.2, 0.25) is 0 Å². The van der Waals surface area contributed by atoms with Crippen LogP contribution >= 0.6 is 0 Å². The molecule has 0 aromatic heterocycles. The van der Waals surface area contributed by atoms with E-state index in [9.17, 15) is 9.59 Å². The van der Waals surface area contributed by atoms with Crippen molar-refractivity contribution in [1.82, 2.24) is 4.90 Å². The lowest BCUT2D eigenvalue weighted by molar-refractivity contribution is -0.138. The van der Waals surface area contributed by atoms with Crippen LogP contribution in [0.25, 0.3) is 0 Å². The normalized spacial score (nSPS) is 10.2. The van der Waals surface area contributed by atoms with Crippen LogP contribution in [0.3, 0.4) is 0 Å². The van der Waals surface area contributed by atoms with Gasteiger partial charge in [-0.15, -0.1) is 0 Å². The second kappa shape index (κ2) is 6.05. The molecule has 1 amide bonds. The maximum Gasteiger partial charge on any atom is 0.323 e. The third kappa shape index (κ3) is 3.23. The van der Waals surface area contributed by atoms with Crippen molar-refractivity contribution in [1.29, 1.82) is 0 Å². The number of carboxylic acid groups (broad SMARTS) is 1. The summed E-state index contributed by atoms with van der Waals surface area (Å²) in [5, 5.41) is 8.83. The Bertz CT molecular complexity index is 442. The van der Waals surface area contributed by atoms with Gasteiger partial charge in [0, 0.05) is 6.04 Å². The minimum Gasteiger partial charge on any atom is -0.496 e. The van der Waals surface area contributed by atoms with Gasteiger partial charge in [0.15, 0.2) is 0 Å². The number of amides is 1. The number of para-hydroxylation sites is 1. The summed E-state index contributed by atoms with van der Waals surface area (Å²) in [5.74, 6) is -0.935. The van der Waals surface area contributed by atoms with Crippen LogP contribution in [-0.2, 0) is 4.79 Å². The number of ether oxygens (including phenoxy) is 1. The van der Waals surface area contributed by atoms with Crippen LogP contribution < -0.4 is 4.74 Å². The molecule has 98 valence electrons. The topological polar surface area (TPSA) is 66.8 Å². The van der Waals surface area contributed by atoms with Crippen LogP contribution in [-0.4, -0.2) is 41.6 Å².